The predicted molar refractivity (Wildman–Crippen MR) is 120 cm³/mol. The highest BCUT2D eigenvalue weighted by Crippen LogP contribution is 2.16. The zero-order valence-corrected chi connectivity index (χ0v) is 17.8. The van der Waals surface area contributed by atoms with Gasteiger partial charge in [-0.05, 0) is 48.9 Å². The second-order valence-corrected chi connectivity index (χ2v) is 6.79. The van der Waals surface area contributed by atoms with Crippen LogP contribution in [0.15, 0.2) is 35.3 Å². The zero-order chi connectivity index (χ0) is 22.8. The van der Waals surface area contributed by atoms with E-state index < -0.39 is 5.97 Å². The fraction of sp³-hybridized carbons (Fsp3) is 0.364. The number of hydrogen-bond acceptors (Lipinski definition) is 5. The summed E-state index contributed by atoms with van der Waals surface area (Å²) in [5, 5.41) is 11.8. The number of aliphatic carboxylic acids is 1. The van der Waals surface area contributed by atoms with E-state index in [9.17, 15) is 14.4 Å². The van der Waals surface area contributed by atoms with Crippen LogP contribution < -0.4 is 16.6 Å². The number of hydrogen-bond donors (Lipinski definition) is 5. The standard InChI is InChI=1S/C20H23N5O4.C2H6/c21-20-24-17-16(19(29)25-20)14(11-23-17)4-1-3-12-6-8-13(9-7-12)18(28)22-10-2-5-15(26)27;1-2/h6-9,11H,1-5,10H2,(H,22,28)(H,26,27)(H4,21,23,24,25,29);1-2H3. The monoisotopic (exact) mass is 427 g/mol. The molecule has 0 saturated heterocycles. The van der Waals surface area contributed by atoms with Crippen LogP contribution in [0, 0.1) is 0 Å². The van der Waals surface area contributed by atoms with Crippen molar-refractivity contribution in [1.29, 1.82) is 0 Å². The molecule has 0 spiro atoms. The van der Waals surface area contributed by atoms with Crippen LogP contribution in [-0.2, 0) is 17.6 Å². The van der Waals surface area contributed by atoms with E-state index >= 15 is 0 Å². The number of nitrogen functional groups attached to an aromatic ring is 1. The van der Waals surface area contributed by atoms with Gasteiger partial charge in [-0.25, -0.2) is 0 Å². The number of carbonyl (C=O) groups excluding carboxylic acids is 1. The number of nitrogens with two attached hydrogens (primary N) is 1. The first kappa shape index (κ1) is 23.7. The highest BCUT2D eigenvalue weighted by molar-refractivity contribution is 5.94. The van der Waals surface area contributed by atoms with Crippen molar-refractivity contribution in [2.24, 2.45) is 0 Å². The molecular formula is C22H29N5O4. The fourth-order valence-electron chi connectivity index (χ4n) is 3.17. The number of benzene rings is 1. The highest BCUT2D eigenvalue weighted by atomic mass is 16.4. The fourth-order valence-corrected chi connectivity index (χ4v) is 3.17. The third-order valence-electron chi connectivity index (χ3n) is 4.62. The number of carboxylic acids is 1. The molecule has 3 rings (SSSR count). The molecule has 0 aliphatic heterocycles. The van der Waals surface area contributed by atoms with Gasteiger partial charge < -0.3 is 21.1 Å². The van der Waals surface area contributed by atoms with Gasteiger partial charge >= 0.3 is 5.97 Å². The Kier molecular flexibility index (Phi) is 8.80. The van der Waals surface area contributed by atoms with Crippen LogP contribution in [0.4, 0.5) is 5.95 Å². The number of rotatable bonds is 9. The quantitative estimate of drug-likeness (QED) is 0.331. The summed E-state index contributed by atoms with van der Waals surface area (Å²) in [4.78, 5) is 44.2. The van der Waals surface area contributed by atoms with Crippen molar-refractivity contribution in [3.8, 4) is 0 Å². The maximum absolute atomic E-state index is 12.1. The Bertz CT molecular complexity index is 1070. The number of carbonyl (C=O) groups is 2. The number of aromatic nitrogens is 3. The average molecular weight is 428 g/mol. The molecule has 0 fully saturated rings. The molecule has 2 aromatic heterocycles. The van der Waals surface area contributed by atoms with E-state index in [1.807, 2.05) is 26.0 Å². The molecule has 0 unspecified atom stereocenters. The van der Waals surface area contributed by atoms with Crippen LogP contribution in [0.2, 0.25) is 0 Å². The molecule has 9 heteroatoms. The van der Waals surface area contributed by atoms with Gasteiger partial charge in [-0.1, -0.05) is 26.0 Å². The Morgan fingerprint density at radius 3 is 2.52 bits per heavy atom. The molecule has 1 amide bonds. The number of anilines is 1. The molecule has 0 atom stereocenters. The van der Waals surface area contributed by atoms with Crippen LogP contribution in [0.1, 0.15) is 54.6 Å². The minimum Gasteiger partial charge on any atom is -0.481 e. The summed E-state index contributed by atoms with van der Waals surface area (Å²) < 4.78 is 0. The average Bonchev–Trinajstić information content (AvgIpc) is 3.16. The van der Waals surface area contributed by atoms with Crippen LogP contribution >= 0.6 is 0 Å². The molecule has 0 aliphatic rings. The van der Waals surface area contributed by atoms with Crippen LogP contribution in [0.3, 0.4) is 0 Å². The lowest BCUT2D eigenvalue weighted by atomic mass is 10.0. The number of aryl methyl sites for hydroxylation is 2. The minimum atomic E-state index is -0.874. The van der Waals surface area contributed by atoms with Crippen molar-refractivity contribution < 1.29 is 14.7 Å². The summed E-state index contributed by atoms with van der Waals surface area (Å²) in [6, 6.07) is 7.31. The molecule has 0 bridgehead atoms. The normalized spacial score (nSPS) is 10.4. The number of fused-ring (bicyclic) bond motifs is 1. The van der Waals surface area contributed by atoms with Gasteiger partial charge in [0.2, 0.25) is 5.95 Å². The van der Waals surface area contributed by atoms with E-state index in [2.05, 4.69) is 20.3 Å². The first-order valence-electron chi connectivity index (χ1n) is 10.4. The summed E-state index contributed by atoms with van der Waals surface area (Å²) in [6.07, 6.45) is 4.55. The van der Waals surface area contributed by atoms with Gasteiger partial charge in [0.25, 0.3) is 11.5 Å². The molecular weight excluding hydrogens is 398 g/mol. The van der Waals surface area contributed by atoms with E-state index in [1.165, 1.54) is 0 Å². The van der Waals surface area contributed by atoms with Gasteiger partial charge in [-0.3, -0.25) is 19.4 Å². The largest absolute Gasteiger partial charge is 0.481 e. The molecule has 0 aliphatic carbocycles. The molecule has 1 aromatic carbocycles. The van der Waals surface area contributed by atoms with Crippen molar-refractivity contribution in [3.05, 3.63) is 57.5 Å². The second-order valence-electron chi connectivity index (χ2n) is 6.79. The van der Waals surface area contributed by atoms with Gasteiger partial charge in [0.15, 0.2) is 0 Å². The summed E-state index contributed by atoms with van der Waals surface area (Å²) in [6.45, 7) is 4.33. The van der Waals surface area contributed by atoms with Crippen LogP contribution in [-0.4, -0.2) is 38.5 Å². The lowest BCUT2D eigenvalue weighted by Gasteiger charge is -2.06. The van der Waals surface area contributed by atoms with Crippen molar-refractivity contribution in [3.63, 3.8) is 0 Å². The van der Waals surface area contributed by atoms with Crippen molar-refractivity contribution in [2.75, 3.05) is 12.3 Å². The number of aromatic amines is 2. The Hall–Kier alpha value is -3.62. The van der Waals surface area contributed by atoms with E-state index in [-0.39, 0.29) is 23.8 Å². The molecule has 3 aromatic rings. The number of H-pyrrole nitrogens is 2. The van der Waals surface area contributed by atoms with Gasteiger partial charge in [-0.15, -0.1) is 0 Å². The highest BCUT2D eigenvalue weighted by Gasteiger charge is 2.10. The Labute approximate surface area is 180 Å². The lowest BCUT2D eigenvalue weighted by Crippen LogP contribution is -2.24. The van der Waals surface area contributed by atoms with Crippen molar-refractivity contribution >= 4 is 28.9 Å². The maximum atomic E-state index is 12.1. The molecule has 0 radical (unpaired) electrons. The predicted octanol–water partition coefficient (Wildman–Crippen LogP) is 2.63. The Morgan fingerprint density at radius 2 is 1.84 bits per heavy atom. The minimum absolute atomic E-state index is 0.0327. The van der Waals surface area contributed by atoms with E-state index in [4.69, 9.17) is 10.8 Å². The number of nitrogens with zero attached hydrogens (tertiary/aromatic N) is 1. The molecule has 166 valence electrons. The Morgan fingerprint density at radius 1 is 1.13 bits per heavy atom. The first-order chi connectivity index (χ1) is 14.9. The zero-order valence-electron chi connectivity index (χ0n) is 17.8. The SMILES string of the molecule is CC.Nc1nc2[nH]cc(CCCc3ccc(C(=O)NCCCC(=O)O)cc3)c2c(=O)[nH]1. The maximum Gasteiger partial charge on any atom is 0.303 e. The van der Waals surface area contributed by atoms with Crippen LogP contribution in [0.5, 0.6) is 0 Å². The van der Waals surface area contributed by atoms with Crippen molar-refractivity contribution in [2.45, 2.75) is 46.0 Å². The summed E-state index contributed by atoms with van der Waals surface area (Å²) in [5.41, 5.74) is 8.31. The molecule has 2 heterocycles. The molecule has 9 nitrogen and oxygen atoms in total. The van der Waals surface area contributed by atoms with Crippen molar-refractivity contribution in [1.82, 2.24) is 20.3 Å². The van der Waals surface area contributed by atoms with Crippen LogP contribution in [0.25, 0.3) is 11.0 Å². The van der Waals surface area contributed by atoms with E-state index in [1.54, 1.807) is 18.3 Å². The van der Waals surface area contributed by atoms with Gasteiger partial charge in [-0.2, -0.15) is 4.98 Å². The number of carboxylic acid groups (broad SMARTS) is 1. The molecule has 31 heavy (non-hydrogen) atoms. The third kappa shape index (κ3) is 6.70. The summed E-state index contributed by atoms with van der Waals surface area (Å²) in [5.74, 6) is -1.00. The number of amides is 1. The Balaban J connectivity index is 0.00000166. The summed E-state index contributed by atoms with van der Waals surface area (Å²) >= 11 is 0. The second kappa shape index (κ2) is 11.5. The topological polar surface area (TPSA) is 154 Å². The van der Waals surface area contributed by atoms with E-state index in [0.717, 1.165) is 24.0 Å². The van der Waals surface area contributed by atoms with E-state index in [0.29, 0.717) is 36.0 Å². The first-order valence-corrected chi connectivity index (χ1v) is 10.4. The number of nitrogens with one attached hydrogen (secondary N) is 3. The smallest absolute Gasteiger partial charge is 0.303 e. The lowest BCUT2D eigenvalue weighted by molar-refractivity contribution is -0.137. The molecule has 0 saturated carbocycles. The summed E-state index contributed by atoms with van der Waals surface area (Å²) in [7, 11) is 0. The molecule has 6 N–H and O–H groups in total. The van der Waals surface area contributed by atoms with Gasteiger partial charge in [0, 0.05) is 24.7 Å². The third-order valence-corrected chi connectivity index (χ3v) is 4.62. The van der Waals surface area contributed by atoms with Gasteiger partial charge in [0.05, 0.1) is 5.39 Å². The van der Waals surface area contributed by atoms with Gasteiger partial charge in [0.1, 0.15) is 5.65 Å².